The average Bonchev–Trinajstić information content (AvgIpc) is 3.12. The Balaban J connectivity index is 2.04. The monoisotopic (exact) mass is 326 g/mol. The van der Waals surface area contributed by atoms with Crippen molar-refractivity contribution >= 4 is 35.5 Å². The van der Waals surface area contributed by atoms with Gasteiger partial charge in [0.2, 0.25) is 0 Å². The minimum Gasteiger partial charge on any atom is -0.387 e. The van der Waals surface area contributed by atoms with Crippen LogP contribution in [0.1, 0.15) is 41.1 Å². The zero-order chi connectivity index (χ0) is 16.4. The van der Waals surface area contributed by atoms with Crippen LogP contribution in [0.15, 0.2) is 23.2 Å². The molecule has 3 heterocycles. The molecule has 0 atom stereocenters. The minimum atomic E-state index is 0.107. The Morgan fingerprint density at radius 2 is 2.30 bits per heavy atom. The van der Waals surface area contributed by atoms with Gasteiger partial charge in [-0.15, -0.1) is 11.3 Å². The topological polar surface area (TPSA) is 34.0 Å². The van der Waals surface area contributed by atoms with Gasteiger partial charge < -0.3 is 9.88 Å². The third-order valence-corrected chi connectivity index (χ3v) is 5.02. The van der Waals surface area contributed by atoms with Gasteiger partial charge in [-0.25, -0.2) is 0 Å². The first-order valence-corrected chi connectivity index (χ1v) is 8.89. The molecule has 0 amide bonds. The molecule has 120 valence electrons. The van der Waals surface area contributed by atoms with E-state index < -0.39 is 0 Å². The molecule has 3 rings (SSSR count). The maximum absolute atomic E-state index is 12.9. The Morgan fingerprint density at radius 1 is 1.48 bits per heavy atom. The van der Waals surface area contributed by atoms with Gasteiger partial charge in [-0.1, -0.05) is 6.92 Å². The van der Waals surface area contributed by atoms with Crippen molar-refractivity contribution in [1.29, 1.82) is 0 Å². The first-order chi connectivity index (χ1) is 11.1. The summed E-state index contributed by atoms with van der Waals surface area (Å²) in [6.07, 6.45) is 9.19. The maximum atomic E-state index is 12.9. The van der Waals surface area contributed by atoms with E-state index in [2.05, 4.69) is 41.3 Å². The minimum absolute atomic E-state index is 0.107. The summed E-state index contributed by atoms with van der Waals surface area (Å²) in [4.78, 5) is 14.2. The van der Waals surface area contributed by atoms with Crippen molar-refractivity contribution < 1.29 is 4.79 Å². The number of ketones is 1. The maximum Gasteiger partial charge on any atom is 0.190 e. The van der Waals surface area contributed by atoms with Gasteiger partial charge in [0.15, 0.2) is 5.78 Å². The van der Waals surface area contributed by atoms with Gasteiger partial charge in [-0.05, 0) is 55.0 Å². The van der Waals surface area contributed by atoms with E-state index in [-0.39, 0.29) is 5.78 Å². The van der Waals surface area contributed by atoms with Gasteiger partial charge >= 0.3 is 0 Å². The molecule has 0 unspecified atom stereocenters. The van der Waals surface area contributed by atoms with Gasteiger partial charge in [0.1, 0.15) is 0 Å². The largest absolute Gasteiger partial charge is 0.387 e. The molecule has 0 spiro atoms. The molecule has 0 saturated heterocycles. The van der Waals surface area contributed by atoms with E-state index >= 15 is 0 Å². The van der Waals surface area contributed by atoms with Crippen molar-refractivity contribution in [2.24, 2.45) is 0 Å². The molecule has 0 fully saturated rings. The number of aryl methyl sites for hydroxylation is 2. The zero-order valence-electron chi connectivity index (χ0n) is 13.8. The zero-order valence-corrected chi connectivity index (χ0v) is 14.7. The van der Waals surface area contributed by atoms with Crippen LogP contribution in [0.5, 0.6) is 0 Å². The lowest BCUT2D eigenvalue weighted by Gasteiger charge is -2.04. The van der Waals surface area contributed by atoms with Crippen LogP contribution in [0, 0.1) is 6.92 Å². The summed E-state index contributed by atoms with van der Waals surface area (Å²) >= 11 is 1.71. The molecule has 2 aromatic heterocycles. The molecule has 0 bridgehead atoms. The fourth-order valence-corrected chi connectivity index (χ4v) is 3.63. The Bertz CT molecular complexity index is 883. The number of hydrogen-bond donors (Lipinski definition) is 1. The number of aromatic nitrogens is 1. The molecule has 0 aliphatic carbocycles. The normalized spacial score (nSPS) is 13.8. The smallest absolute Gasteiger partial charge is 0.190 e. The van der Waals surface area contributed by atoms with Crippen LogP contribution in [-0.4, -0.2) is 16.9 Å². The average molecular weight is 326 g/mol. The number of carbonyl (C=O) groups excluding carboxylic acids is 1. The van der Waals surface area contributed by atoms with Crippen LogP contribution >= 0.6 is 11.3 Å². The van der Waals surface area contributed by atoms with E-state index in [0.717, 1.165) is 46.8 Å². The second-order valence-electron chi connectivity index (χ2n) is 5.88. The third kappa shape index (κ3) is 3.04. The number of fused-ring (bicyclic) bond motifs is 1. The van der Waals surface area contributed by atoms with E-state index in [1.807, 2.05) is 25.4 Å². The van der Waals surface area contributed by atoms with Crippen molar-refractivity contribution in [1.82, 2.24) is 9.88 Å². The summed E-state index contributed by atoms with van der Waals surface area (Å²) in [7, 11) is 0. The van der Waals surface area contributed by atoms with Crippen molar-refractivity contribution in [2.75, 3.05) is 6.54 Å². The molecule has 1 aliphatic heterocycles. The summed E-state index contributed by atoms with van der Waals surface area (Å²) in [5.41, 5.74) is 2.71. The SMILES string of the molecule is CCCn1cc(C(=O)/C(C)=C/c2ccsc2C)c2c1=CCNC=2. The predicted molar refractivity (Wildman–Crippen MR) is 97.9 cm³/mol. The van der Waals surface area contributed by atoms with Gasteiger partial charge in [0.05, 0.1) is 0 Å². The van der Waals surface area contributed by atoms with Gasteiger partial charge in [-0.3, -0.25) is 4.79 Å². The van der Waals surface area contributed by atoms with Crippen LogP contribution < -0.4 is 15.9 Å². The molecule has 2 aromatic rings. The molecule has 23 heavy (non-hydrogen) atoms. The third-order valence-electron chi connectivity index (χ3n) is 4.16. The molecule has 0 aromatic carbocycles. The first-order valence-electron chi connectivity index (χ1n) is 8.01. The number of rotatable bonds is 5. The predicted octanol–water partition coefficient (Wildman–Crippen LogP) is 2.68. The second-order valence-corrected chi connectivity index (χ2v) is 7.00. The van der Waals surface area contributed by atoms with Crippen LogP contribution in [0.2, 0.25) is 0 Å². The Hall–Kier alpha value is -2.07. The molecular weight excluding hydrogens is 304 g/mol. The fourth-order valence-electron chi connectivity index (χ4n) is 2.95. The highest BCUT2D eigenvalue weighted by atomic mass is 32.1. The first kappa shape index (κ1) is 15.8. The molecule has 1 N–H and O–H groups in total. The molecule has 3 nitrogen and oxygen atoms in total. The van der Waals surface area contributed by atoms with E-state index in [4.69, 9.17) is 0 Å². The van der Waals surface area contributed by atoms with Crippen LogP contribution in [0.3, 0.4) is 0 Å². The molecule has 0 saturated carbocycles. The van der Waals surface area contributed by atoms with Crippen LogP contribution in [0.25, 0.3) is 18.4 Å². The summed E-state index contributed by atoms with van der Waals surface area (Å²) in [5.74, 6) is 0.107. The molecular formula is C19H22N2OS. The molecule has 4 heteroatoms. The summed E-state index contributed by atoms with van der Waals surface area (Å²) < 4.78 is 2.20. The number of hydrogen-bond acceptors (Lipinski definition) is 3. The van der Waals surface area contributed by atoms with Crippen molar-refractivity contribution in [2.45, 2.75) is 33.7 Å². The van der Waals surface area contributed by atoms with E-state index in [0.29, 0.717) is 0 Å². The fraction of sp³-hybridized carbons (Fsp3) is 0.316. The van der Waals surface area contributed by atoms with Crippen LogP contribution in [-0.2, 0) is 6.54 Å². The highest BCUT2D eigenvalue weighted by molar-refractivity contribution is 7.10. The van der Waals surface area contributed by atoms with Gasteiger partial charge in [-0.2, -0.15) is 0 Å². The molecule has 0 radical (unpaired) electrons. The number of allylic oxidation sites excluding steroid dienone is 1. The quantitative estimate of drug-likeness (QED) is 0.677. The Labute approximate surface area is 140 Å². The van der Waals surface area contributed by atoms with Crippen molar-refractivity contribution in [3.8, 4) is 0 Å². The summed E-state index contributed by atoms with van der Waals surface area (Å²) in [5, 5.41) is 7.46. The second kappa shape index (κ2) is 6.59. The number of Topliss-reactive ketones (excluding diaryl/α,β-unsaturated/α-hetero) is 1. The summed E-state index contributed by atoms with van der Waals surface area (Å²) in [6.45, 7) is 7.90. The Morgan fingerprint density at radius 3 is 3.00 bits per heavy atom. The number of carbonyl (C=O) groups is 1. The van der Waals surface area contributed by atoms with Crippen molar-refractivity contribution in [3.05, 3.63) is 49.8 Å². The lowest BCUT2D eigenvalue weighted by molar-refractivity contribution is 0.103. The van der Waals surface area contributed by atoms with Crippen molar-refractivity contribution in [3.63, 3.8) is 0 Å². The van der Waals surface area contributed by atoms with E-state index in [1.165, 1.54) is 4.88 Å². The number of nitrogens with one attached hydrogen (secondary N) is 1. The Kier molecular flexibility index (Phi) is 4.53. The number of thiophene rings is 1. The lowest BCUT2D eigenvalue weighted by atomic mass is 10.0. The highest BCUT2D eigenvalue weighted by Gasteiger charge is 2.15. The lowest BCUT2D eigenvalue weighted by Crippen LogP contribution is -2.37. The van der Waals surface area contributed by atoms with Gasteiger partial charge in [0.25, 0.3) is 0 Å². The van der Waals surface area contributed by atoms with E-state index in [1.54, 1.807) is 11.3 Å². The summed E-state index contributed by atoms with van der Waals surface area (Å²) in [6, 6.07) is 2.07. The van der Waals surface area contributed by atoms with Crippen LogP contribution in [0.4, 0.5) is 0 Å². The standard InChI is InChI=1S/C19H22N2OS/c1-4-8-21-12-17(16-11-20-7-5-18(16)21)19(22)13(2)10-15-6-9-23-14(15)3/h5-6,9-12,20H,4,7-8H2,1-3H3/b13-10+. The number of nitrogens with zero attached hydrogens (tertiary/aromatic N) is 1. The highest BCUT2D eigenvalue weighted by Crippen LogP contribution is 2.19. The van der Waals surface area contributed by atoms with Gasteiger partial charge in [0, 0.05) is 46.5 Å². The molecule has 1 aliphatic rings. The van der Waals surface area contributed by atoms with E-state index in [9.17, 15) is 4.79 Å².